The molecule has 2 fully saturated rings. The number of aryl methyl sites for hydroxylation is 3. The van der Waals surface area contributed by atoms with E-state index in [9.17, 15) is 13.2 Å². The summed E-state index contributed by atoms with van der Waals surface area (Å²) in [5, 5.41) is 0.854. The molecular formula is C31H35N5O3S. The predicted molar refractivity (Wildman–Crippen MR) is 156 cm³/mol. The molecule has 4 heterocycles. The highest BCUT2D eigenvalue weighted by Crippen LogP contribution is 2.40. The summed E-state index contributed by atoms with van der Waals surface area (Å²) in [4.78, 5) is 27.3. The summed E-state index contributed by atoms with van der Waals surface area (Å²) >= 11 is 0. The number of nitrogens with zero attached hydrogens (tertiary/aromatic N) is 5. The van der Waals surface area contributed by atoms with Crippen molar-refractivity contribution in [3.8, 4) is 0 Å². The number of benzene rings is 2. The number of hydrogen-bond acceptors (Lipinski definition) is 6. The van der Waals surface area contributed by atoms with Crippen LogP contribution in [0.5, 0.6) is 0 Å². The molecule has 2 aliphatic heterocycles. The summed E-state index contributed by atoms with van der Waals surface area (Å²) in [5.74, 6) is 0.938. The molecule has 208 valence electrons. The third kappa shape index (κ3) is 4.66. The maximum Gasteiger partial charge on any atom is 0.268 e. The molecule has 0 saturated carbocycles. The van der Waals surface area contributed by atoms with Crippen molar-refractivity contribution in [3.05, 3.63) is 83.3 Å². The van der Waals surface area contributed by atoms with Gasteiger partial charge in [0, 0.05) is 54.6 Å². The second-order valence-corrected chi connectivity index (χ2v) is 13.1. The van der Waals surface area contributed by atoms with E-state index in [-0.39, 0.29) is 16.3 Å². The molecule has 4 aromatic rings. The lowest BCUT2D eigenvalue weighted by Crippen LogP contribution is -2.59. The van der Waals surface area contributed by atoms with Crippen LogP contribution in [-0.4, -0.2) is 51.8 Å². The molecule has 0 aliphatic carbocycles. The van der Waals surface area contributed by atoms with Crippen LogP contribution in [0.4, 0.5) is 5.95 Å². The molecule has 0 N–H and O–H groups in total. The molecule has 40 heavy (non-hydrogen) atoms. The maximum absolute atomic E-state index is 13.5. The fraction of sp³-hybridized carbons (Fsp3) is 0.387. The van der Waals surface area contributed by atoms with E-state index < -0.39 is 10.0 Å². The molecule has 0 bridgehead atoms. The van der Waals surface area contributed by atoms with Crippen molar-refractivity contribution in [2.45, 2.75) is 69.9 Å². The third-order valence-electron chi connectivity index (χ3n) is 8.55. The molecule has 2 aliphatic rings. The zero-order valence-corrected chi connectivity index (χ0v) is 24.1. The van der Waals surface area contributed by atoms with E-state index in [0.717, 1.165) is 72.6 Å². The number of carbonyl (C=O) groups is 1. The Morgan fingerprint density at radius 3 is 2.30 bits per heavy atom. The summed E-state index contributed by atoms with van der Waals surface area (Å²) in [7, 11) is -3.75. The van der Waals surface area contributed by atoms with Crippen molar-refractivity contribution in [1.29, 1.82) is 0 Å². The van der Waals surface area contributed by atoms with E-state index in [1.807, 2.05) is 63.2 Å². The number of anilines is 1. The summed E-state index contributed by atoms with van der Waals surface area (Å²) < 4.78 is 28.3. The van der Waals surface area contributed by atoms with Crippen LogP contribution in [0, 0.1) is 20.8 Å². The molecule has 6 rings (SSSR count). The average molecular weight is 558 g/mol. The van der Waals surface area contributed by atoms with Crippen LogP contribution in [0.15, 0.2) is 65.7 Å². The lowest BCUT2D eigenvalue weighted by atomic mass is 9.78. The van der Waals surface area contributed by atoms with Crippen LogP contribution >= 0.6 is 0 Å². The third-order valence-corrected chi connectivity index (χ3v) is 10.3. The number of fused-ring (bicyclic) bond motifs is 1. The summed E-state index contributed by atoms with van der Waals surface area (Å²) in [6, 6.07) is 16.5. The normalized spacial score (nSPS) is 17.6. The van der Waals surface area contributed by atoms with Gasteiger partial charge in [0.1, 0.15) is 0 Å². The quantitative estimate of drug-likeness (QED) is 0.337. The minimum Gasteiger partial charge on any atom is -0.341 e. The van der Waals surface area contributed by atoms with Crippen LogP contribution in [-0.2, 0) is 21.4 Å². The van der Waals surface area contributed by atoms with Gasteiger partial charge < -0.3 is 9.80 Å². The standard InChI is InChI=1S/C31H35N5O3S/c1-22-9-11-26(12-10-22)40(38,39)36-17-13-27-25(6-4-7-28(27)36)21-35-29(37)8-5-14-31(35)15-18-34(19-16-31)30-32-23(2)20-24(3)33-30/h4,6-7,9-13,17,20H,5,8,14-16,18-19,21H2,1-3H3. The highest BCUT2D eigenvalue weighted by molar-refractivity contribution is 7.90. The van der Waals surface area contributed by atoms with Gasteiger partial charge in [-0.25, -0.2) is 22.4 Å². The van der Waals surface area contributed by atoms with Crippen LogP contribution in [0.1, 0.15) is 54.6 Å². The molecule has 0 unspecified atom stereocenters. The first-order valence-electron chi connectivity index (χ1n) is 14.0. The fourth-order valence-electron chi connectivity index (χ4n) is 6.40. The number of aromatic nitrogens is 3. The minimum absolute atomic E-state index is 0.172. The van der Waals surface area contributed by atoms with Crippen molar-refractivity contribution in [2.75, 3.05) is 18.0 Å². The van der Waals surface area contributed by atoms with Gasteiger partial charge in [-0.3, -0.25) is 4.79 Å². The largest absolute Gasteiger partial charge is 0.341 e. The Kier molecular flexibility index (Phi) is 6.65. The topological polar surface area (TPSA) is 88.4 Å². The smallest absolute Gasteiger partial charge is 0.268 e. The molecule has 2 aromatic heterocycles. The van der Waals surface area contributed by atoms with Crippen molar-refractivity contribution in [2.24, 2.45) is 0 Å². The van der Waals surface area contributed by atoms with Gasteiger partial charge in [-0.05, 0) is 82.3 Å². The molecule has 2 aromatic carbocycles. The van der Waals surface area contributed by atoms with Gasteiger partial charge in [-0.1, -0.05) is 29.8 Å². The molecule has 9 heteroatoms. The fourth-order valence-corrected chi connectivity index (χ4v) is 7.75. The van der Waals surface area contributed by atoms with E-state index in [4.69, 9.17) is 0 Å². The Labute approximate surface area is 235 Å². The lowest BCUT2D eigenvalue weighted by molar-refractivity contribution is -0.144. The van der Waals surface area contributed by atoms with E-state index in [0.29, 0.717) is 18.5 Å². The van der Waals surface area contributed by atoms with Crippen molar-refractivity contribution in [3.63, 3.8) is 0 Å². The number of amides is 1. The predicted octanol–water partition coefficient (Wildman–Crippen LogP) is 5.15. The molecule has 1 amide bonds. The highest BCUT2D eigenvalue weighted by atomic mass is 32.2. The molecule has 2 saturated heterocycles. The zero-order valence-electron chi connectivity index (χ0n) is 23.3. The van der Waals surface area contributed by atoms with E-state index in [1.54, 1.807) is 18.3 Å². The number of carbonyl (C=O) groups excluding carboxylic acids is 1. The SMILES string of the molecule is Cc1ccc(S(=O)(=O)n2ccc3c(CN4C(=O)CCCC45CCN(c4nc(C)cc(C)n4)CC5)cccc32)cc1. The van der Waals surface area contributed by atoms with E-state index in [1.165, 1.54) is 3.97 Å². The van der Waals surface area contributed by atoms with Crippen molar-refractivity contribution >= 4 is 32.8 Å². The van der Waals surface area contributed by atoms with Crippen molar-refractivity contribution in [1.82, 2.24) is 18.8 Å². The number of hydrogen-bond donors (Lipinski definition) is 0. The van der Waals surface area contributed by atoms with E-state index >= 15 is 0 Å². The number of piperidine rings is 2. The molecule has 8 nitrogen and oxygen atoms in total. The summed E-state index contributed by atoms with van der Waals surface area (Å²) in [6.07, 6.45) is 5.75. The van der Waals surface area contributed by atoms with Gasteiger partial charge >= 0.3 is 0 Å². The van der Waals surface area contributed by atoms with Crippen LogP contribution in [0.2, 0.25) is 0 Å². The summed E-state index contributed by atoms with van der Waals surface area (Å²) in [6.45, 7) is 7.97. The van der Waals surface area contributed by atoms with Gasteiger partial charge in [0.2, 0.25) is 11.9 Å². The van der Waals surface area contributed by atoms with E-state index in [2.05, 4.69) is 19.8 Å². The Hall–Kier alpha value is -3.72. The highest BCUT2D eigenvalue weighted by Gasteiger charge is 2.44. The van der Waals surface area contributed by atoms with Crippen LogP contribution in [0.3, 0.4) is 0 Å². The molecule has 0 radical (unpaired) electrons. The Morgan fingerprint density at radius 1 is 0.900 bits per heavy atom. The van der Waals surface area contributed by atoms with Crippen molar-refractivity contribution < 1.29 is 13.2 Å². The maximum atomic E-state index is 13.5. The lowest BCUT2D eigenvalue weighted by Gasteiger charge is -2.51. The average Bonchev–Trinajstić information content (AvgIpc) is 3.37. The van der Waals surface area contributed by atoms with Gasteiger partial charge in [0.15, 0.2) is 0 Å². The minimum atomic E-state index is -3.75. The van der Waals surface area contributed by atoms with Gasteiger partial charge in [-0.15, -0.1) is 0 Å². The monoisotopic (exact) mass is 557 g/mol. The number of rotatable bonds is 5. The first-order chi connectivity index (χ1) is 19.2. The Balaban J connectivity index is 1.29. The van der Waals surface area contributed by atoms with Gasteiger partial charge in [0.25, 0.3) is 10.0 Å². The Bertz CT molecular complexity index is 1670. The van der Waals surface area contributed by atoms with Gasteiger partial charge in [0.05, 0.1) is 10.4 Å². The molecular weight excluding hydrogens is 522 g/mol. The molecule has 1 spiro atoms. The van der Waals surface area contributed by atoms with Crippen LogP contribution in [0.25, 0.3) is 10.9 Å². The second-order valence-electron chi connectivity index (χ2n) is 11.3. The first kappa shape index (κ1) is 26.5. The van der Waals surface area contributed by atoms with Crippen LogP contribution < -0.4 is 4.90 Å². The molecule has 0 atom stereocenters. The number of likely N-dealkylation sites (tertiary alicyclic amines) is 1. The Morgan fingerprint density at radius 2 is 1.60 bits per heavy atom. The summed E-state index contributed by atoms with van der Waals surface area (Å²) in [5.41, 5.74) is 4.29. The van der Waals surface area contributed by atoms with Gasteiger partial charge in [-0.2, -0.15) is 0 Å². The zero-order chi connectivity index (χ0) is 28.1. The first-order valence-corrected chi connectivity index (χ1v) is 15.4. The second kappa shape index (κ2) is 10.0.